The number of benzene rings is 1. The van der Waals surface area contributed by atoms with Crippen molar-refractivity contribution >= 4 is 10.9 Å². The van der Waals surface area contributed by atoms with Crippen LogP contribution in [0.15, 0.2) is 30.5 Å². The normalized spacial score (nSPS) is 12.9. The standard InChI is InChI=1S/C16H24N2O2/c1-13(12-19)11-18-8-6-14-4-3-5-15(16(14)18)10-17-7-9-20-2/h3-6,8,13,17,19H,7,9-12H2,1-2H3. The van der Waals surface area contributed by atoms with Gasteiger partial charge in [-0.2, -0.15) is 0 Å². The van der Waals surface area contributed by atoms with Gasteiger partial charge in [0.15, 0.2) is 0 Å². The molecule has 0 amide bonds. The summed E-state index contributed by atoms with van der Waals surface area (Å²) < 4.78 is 7.29. The number of para-hydroxylation sites is 1. The third kappa shape index (κ3) is 3.60. The largest absolute Gasteiger partial charge is 0.396 e. The number of aromatic nitrogens is 1. The van der Waals surface area contributed by atoms with Gasteiger partial charge >= 0.3 is 0 Å². The lowest BCUT2D eigenvalue weighted by Crippen LogP contribution is -2.19. The van der Waals surface area contributed by atoms with Crippen molar-refractivity contribution in [3.63, 3.8) is 0 Å². The second-order valence-electron chi connectivity index (χ2n) is 5.28. The van der Waals surface area contributed by atoms with E-state index in [2.05, 4.69) is 47.3 Å². The van der Waals surface area contributed by atoms with Gasteiger partial charge in [-0.15, -0.1) is 0 Å². The fourth-order valence-electron chi connectivity index (χ4n) is 2.43. The van der Waals surface area contributed by atoms with Crippen LogP contribution in [0, 0.1) is 5.92 Å². The van der Waals surface area contributed by atoms with Crippen molar-refractivity contribution in [2.24, 2.45) is 5.92 Å². The Balaban J connectivity index is 2.18. The van der Waals surface area contributed by atoms with E-state index in [0.29, 0.717) is 0 Å². The van der Waals surface area contributed by atoms with Gasteiger partial charge in [0.05, 0.1) is 12.1 Å². The summed E-state index contributed by atoms with van der Waals surface area (Å²) in [5, 5.41) is 13.9. The Kier molecular flexibility index (Phi) is 5.59. The first-order valence-electron chi connectivity index (χ1n) is 7.13. The molecule has 0 aliphatic carbocycles. The maximum atomic E-state index is 9.24. The third-order valence-corrected chi connectivity index (χ3v) is 3.49. The summed E-state index contributed by atoms with van der Waals surface area (Å²) in [5.74, 6) is 0.264. The van der Waals surface area contributed by atoms with E-state index in [1.165, 1.54) is 16.5 Å². The summed E-state index contributed by atoms with van der Waals surface area (Å²) in [6.07, 6.45) is 2.11. The number of hydrogen-bond acceptors (Lipinski definition) is 3. The monoisotopic (exact) mass is 276 g/mol. The van der Waals surface area contributed by atoms with Crippen LogP contribution in [0.5, 0.6) is 0 Å². The number of aliphatic hydroxyl groups excluding tert-OH is 1. The van der Waals surface area contributed by atoms with Gasteiger partial charge in [-0.05, 0) is 22.9 Å². The topological polar surface area (TPSA) is 46.4 Å². The van der Waals surface area contributed by atoms with Crippen LogP contribution in [0.1, 0.15) is 12.5 Å². The molecule has 20 heavy (non-hydrogen) atoms. The maximum Gasteiger partial charge on any atom is 0.0587 e. The zero-order valence-electron chi connectivity index (χ0n) is 12.3. The molecule has 1 atom stereocenters. The van der Waals surface area contributed by atoms with Crippen molar-refractivity contribution in [3.8, 4) is 0 Å². The van der Waals surface area contributed by atoms with Gasteiger partial charge in [0.25, 0.3) is 0 Å². The highest BCUT2D eigenvalue weighted by atomic mass is 16.5. The molecule has 2 rings (SSSR count). The quantitative estimate of drug-likeness (QED) is 0.725. The summed E-state index contributed by atoms with van der Waals surface area (Å²) in [4.78, 5) is 0. The van der Waals surface area contributed by atoms with Gasteiger partial charge in [0, 0.05) is 39.5 Å². The Morgan fingerprint density at radius 3 is 2.95 bits per heavy atom. The van der Waals surface area contributed by atoms with Gasteiger partial charge in [-0.25, -0.2) is 0 Å². The van der Waals surface area contributed by atoms with Crippen molar-refractivity contribution in [2.75, 3.05) is 26.9 Å². The lowest BCUT2D eigenvalue weighted by Gasteiger charge is -2.13. The minimum Gasteiger partial charge on any atom is -0.396 e. The van der Waals surface area contributed by atoms with Crippen LogP contribution in [-0.4, -0.2) is 36.5 Å². The fraction of sp³-hybridized carbons (Fsp3) is 0.500. The number of nitrogens with zero attached hydrogens (tertiary/aromatic N) is 1. The summed E-state index contributed by atoms with van der Waals surface area (Å²) >= 11 is 0. The van der Waals surface area contributed by atoms with Crippen molar-refractivity contribution in [1.29, 1.82) is 0 Å². The van der Waals surface area contributed by atoms with Crippen molar-refractivity contribution in [3.05, 3.63) is 36.0 Å². The van der Waals surface area contributed by atoms with Crippen LogP contribution >= 0.6 is 0 Å². The molecule has 2 N–H and O–H groups in total. The number of hydrogen-bond donors (Lipinski definition) is 2. The third-order valence-electron chi connectivity index (χ3n) is 3.49. The van der Waals surface area contributed by atoms with E-state index >= 15 is 0 Å². The molecule has 4 nitrogen and oxygen atoms in total. The van der Waals surface area contributed by atoms with E-state index in [4.69, 9.17) is 4.74 Å². The Morgan fingerprint density at radius 1 is 1.35 bits per heavy atom. The number of fused-ring (bicyclic) bond motifs is 1. The highest BCUT2D eigenvalue weighted by Gasteiger charge is 2.09. The zero-order valence-corrected chi connectivity index (χ0v) is 12.3. The molecule has 4 heteroatoms. The Bertz CT molecular complexity index is 536. The molecule has 1 aromatic carbocycles. The Morgan fingerprint density at radius 2 is 2.20 bits per heavy atom. The number of ether oxygens (including phenoxy) is 1. The van der Waals surface area contributed by atoms with Gasteiger partial charge in [-0.3, -0.25) is 0 Å². The molecule has 0 aliphatic rings. The van der Waals surface area contributed by atoms with Crippen LogP contribution in [0.3, 0.4) is 0 Å². The van der Waals surface area contributed by atoms with Crippen molar-refractivity contribution in [2.45, 2.75) is 20.0 Å². The van der Waals surface area contributed by atoms with Gasteiger partial charge in [0.2, 0.25) is 0 Å². The fourth-order valence-corrected chi connectivity index (χ4v) is 2.43. The molecule has 0 bridgehead atoms. The second-order valence-corrected chi connectivity index (χ2v) is 5.28. The average Bonchev–Trinajstić information content (AvgIpc) is 2.87. The summed E-state index contributed by atoms with van der Waals surface area (Å²) in [5.41, 5.74) is 2.55. The smallest absolute Gasteiger partial charge is 0.0587 e. The molecule has 0 aliphatic heterocycles. The summed E-state index contributed by atoms with van der Waals surface area (Å²) in [6.45, 7) is 5.52. The molecular formula is C16H24N2O2. The van der Waals surface area contributed by atoms with Gasteiger partial charge in [0.1, 0.15) is 0 Å². The average molecular weight is 276 g/mol. The van der Waals surface area contributed by atoms with Crippen LogP contribution in [0.25, 0.3) is 10.9 Å². The van der Waals surface area contributed by atoms with Crippen LogP contribution < -0.4 is 5.32 Å². The molecule has 1 heterocycles. The lowest BCUT2D eigenvalue weighted by atomic mass is 10.1. The molecule has 0 fully saturated rings. The molecular weight excluding hydrogens is 252 g/mol. The molecule has 0 spiro atoms. The minimum absolute atomic E-state index is 0.216. The number of methoxy groups -OCH3 is 1. The van der Waals surface area contributed by atoms with Crippen LogP contribution in [-0.2, 0) is 17.8 Å². The molecule has 0 saturated carbocycles. The number of rotatable bonds is 8. The second kappa shape index (κ2) is 7.43. The first kappa shape index (κ1) is 15.0. The van der Waals surface area contributed by atoms with Gasteiger partial charge < -0.3 is 19.7 Å². The van der Waals surface area contributed by atoms with E-state index in [0.717, 1.165) is 26.2 Å². The molecule has 2 aromatic rings. The molecule has 0 radical (unpaired) electrons. The predicted molar refractivity (Wildman–Crippen MR) is 81.8 cm³/mol. The molecule has 1 aromatic heterocycles. The van der Waals surface area contributed by atoms with E-state index in [1.807, 2.05) is 0 Å². The van der Waals surface area contributed by atoms with Gasteiger partial charge in [-0.1, -0.05) is 25.1 Å². The lowest BCUT2D eigenvalue weighted by molar-refractivity contribution is 0.199. The van der Waals surface area contributed by atoms with Crippen molar-refractivity contribution in [1.82, 2.24) is 9.88 Å². The first-order chi connectivity index (χ1) is 9.76. The zero-order chi connectivity index (χ0) is 14.4. The first-order valence-corrected chi connectivity index (χ1v) is 7.13. The van der Waals surface area contributed by atoms with Crippen LogP contribution in [0.4, 0.5) is 0 Å². The van der Waals surface area contributed by atoms with Crippen molar-refractivity contribution < 1.29 is 9.84 Å². The Labute approximate surface area is 120 Å². The highest BCUT2D eigenvalue weighted by molar-refractivity contribution is 5.83. The van der Waals surface area contributed by atoms with E-state index in [-0.39, 0.29) is 12.5 Å². The molecule has 0 saturated heterocycles. The molecule has 110 valence electrons. The minimum atomic E-state index is 0.216. The summed E-state index contributed by atoms with van der Waals surface area (Å²) in [6, 6.07) is 8.52. The molecule has 1 unspecified atom stereocenters. The van der Waals surface area contributed by atoms with E-state index in [1.54, 1.807) is 7.11 Å². The Hall–Kier alpha value is -1.36. The number of nitrogens with one attached hydrogen (secondary N) is 1. The maximum absolute atomic E-state index is 9.24. The summed E-state index contributed by atoms with van der Waals surface area (Å²) in [7, 11) is 1.71. The van der Waals surface area contributed by atoms with Crippen LogP contribution in [0.2, 0.25) is 0 Å². The van der Waals surface area contributed by atoms with E-state index < -0.39 is 0 Å². The number of aliphatic hydroxyl groups is 1. The van der Waals surface area contributed by atoms with E-state index in [9.17, 15) is 5.11 Å². The predicted octanol–water partition coefficient (Wildman–Crippen LogP) is 2.01. The SMILES string of the molecule is COCCNCc1cccc2ccn(CC(C)CO)c12. The highest BCUT2D eigenvalue weighted by Crippen LogP contribution is 2.21.